The van der Waals surface area contributed by atoms with Crippen LogP contribution in [0.4, 0.5) is 34.1 Å². The third-order valence-corrected chi connectivity index (χ3v) is 21.1. The van der Waals surface area contributed by atoms with Gasteiger partial charge in [-0.15, -0.1) is 0 Å². The van der Waals surface area contributed by atoms with Crippen LogP contribution in [0.5, 0.6) is 11.5 Å². The van der Waals surface area contributed by atoms with Crippen LogP contribution >= 0.6 is 0 Å². The molecule has 6 aromatic rings. The van der Waals surface area contributed by atoms with Gasteiger partial charge >= 0.3 is 0 Å². The highest BCUT2D eigenvalue weighted by molar-refractivity contribution is 5.67. The third kappa shape index (κ3) is 19.2. The first-order chi connectivity index (χ1) is 45.1. The minimum atomic E-state index is 0.0774. The van der Waals surface area contributed by atoms with Gasteiger partial charge in [0, 0.05) is 101 Å². The molecule has 7 heterocycles. The molecule has 7 aliphatic rings. The standard InChI is InChI=1S/C21H34N2.C15H23N.C14H21N.C13H19NO.C13H19N.C12H17NO/c1-19(2,3)15-22-13-11-21(12-14-22)16-23(20(4,5)6)18-10-8-7-9-17(18)21;1-14(2,3)16-11-10-15(4,5)12-8-6-7-9-13(12)16;1-11-9-10-15(14(2,3)4)13-8-6-5-7-12(11)13;1-13(2,3)14-9-5-7-10-6-4-8-11(15)12(10)14;1-13(2,3)14-10-6-8-11-7-4-5-9-12(11)14;1-12(2,3)13-8-9-14-11-7-5-4-6-10(11)13/h7-10H,11-16H2,1-6H3;6-9H,10-11H2,1-5H3;5-8,11H,9-10H2,1-4H3;4,6,8,15H,5,7,9H2,1-3H3;4-5,7,9H,6,8,10H2,1-3H3;4-7H,8-9H2,1-3H3. The minimum Gasteiger partial charge on any atom is -0.506 e. The Morgan fingerprint density at radius 3 is 1.43 bits per heavy atom. The van der Waals surface area contributed by atoms with Crippen molar-refractivity contribution in [2.24, 2.45) is 5.41 Å². The Hall–Kier alpha value is -6.32. The fourth-order valence-electron chi connectivity index (χ4n) is 15.9. The Labute approximate surface area is 592 Å². The quantitative estimate of drug-likeness (QED) is 0.174. The van der Waals surface area contributed by atoms with E-state index in [9.17, 15) is 5.11 Å². The number of aromatic hydroxyl groups is 1. The Kier molecular flexibility index (Phi) is 23.8. The van der Waals surface area contributed by atoms with Gasteiger partial charge in [0.25, 0.3) is 0 Å². The number of ether oxygens (including phenoxy) is 1. The van der Waals surface area contributed by atoms with Gasteiger partial charge < -0.3 is 44.1 Å². The van der Waals surface area contributed by atoms with Crippen LogP contribution < -0.4 is 34.1 Å². The summed E-state index contributed by atoms with van der Waals surface area (Å²) in [6.45, 7) is 66.2. The van der Waals surface area contributed by atoms with Gasteiger partial charge in [0.05, 0.1) is 17.9 Å². The Balaban J connectivity index is 0.000000150. The second-order valence-electron chi connectivity index (χ2n) is 36.8. The van der Waals surface area contributed by atoms with Crippen molar-refractivity contribution in [2.75, 3.05) is 94.9 Å². The predicted octanol–water partition coefficient (Wildman–Crippen LogP) is 21.3. The van der Waals surface area contributed by atoms with Gasteiger partial charge in [0.1, 0.15) is 18.1 Å². The van der Waals surface area contributed by atoms with Crippen molar-refractivity contribution in [2.45, 2.75) is 268 Å². The summed E-state index contributed by atoms with van der Waals surface area (Å²) in [5, 5.41) is 9.95. The zero-order valence-corrected chi connectivity index (χ0v) is 65.6. The summed E-state index contributed by atoms with van der Waals surface area (Å²) in [5.41, 5.74) is 17.6. The molecule has 0 amide bonds. The summed E-state index contributed by atoms with van der Waals surface area (Å²) in [6.07, 6.45) is 9.88. The monoisotopic (exact) mass is 1320 g/mol. The van der Waals surface area contributed by atoms with Crippen molar-refractivity contribution in [3.05, 3.63) is 167 Å². The first-order valence-electron chi connectivity index (χ1n) is 37.4. The van der Waals surface area contributed by atoms with Gasteiger partial charge in [-0.05, 0) is 276 Å². The molecule has 1 unspecified atom stereocenters. The summed E-state index contributed by atoms with van der Waals surface area (Å²) < 4.78 is 5.61. The van der Waals surface area contributed by atoms with Crippen LogP contribution in [0.15, 0.2) is 140 Å². The summed E-state index contributed by atoms with van der Waals surface area (Å²) in [5.74, 6) is 2.13. The number of hydrogen-bond acceptors (Lipinski definition) is 9. The minimum absolute atomic E-state index is 0.0774. The normalized spacial score (nSPS) is 18.9. The maximum absolute atomic E-state index is 9.95. The molecule has 0 saturated carbocycles. The van der Waals surface area contributed by atoms with Crippen molar-refractivity contribution in [1.29, 1.82) is 0 Å². The van der Waals surface area contributed by atoms with Gasteiger partial charge in [-0.2, -0.15) is 0 Å². The number of para-hydroxylation sites is 7. The lowest BCUT2D eigenvalue weighted by atomic mass is 9.74. The lowest BCUT2D eigenvalue weighted by Crippen LogP contribution is -2.49. The average molecular weight is 1320 g/mol. The van der Waals surface area contributed by atoms with E-state index in [4.69, 9.17) is 4.74 Å². The Bertz CT molecular complexity index is 3420. The van der Waals surface area contributed by atoms with E-state index in [0.29, 0.717) is 27.9 Å². The van der Waals surface area contributed by atoms with Crippen LogP contribution in [-0.2, 0) is 23.7 Å². The maximum Gasteiger partial charge on any atom is 0.142 e. The lowest BCUT2D eigenvalue weighted by molar-refractivity contribution is 0.123. The van der Waals surface area contributed by atoms with Crippen molar-refractivity contribution < 1.29 is 9.84 Å². The molecule has 6 aromatic carbocycles. The van der Waals surface area contributed by atoms with Crippen molar-refractivity contribution >= 4 is 34.1 Å². The maximum atomic E-state index is 9.95. The van der Waals surface area contributed by atoms with Crippen LogP contribution in [0, 0.1) is 5.41 Å². The zero-order chi connectivity index (χ0) is 71.3. The predicted molar refractivity (Wildman–Crippen MR) is 423 cm³/mol. The van der Waals surface area contributed by atoms with Crippen LogP contribution in [0.3, 0.4) is 0 Å². The van der Waals surface area contributed by atoms with E-state index in [1.54, 1.807) is 11.6 Å². The van der Waals surface area contributed by atoms with E-state index in [0.717, 1.165) is 44.1 Å². The van der Waals surface area contributed by atoms with E-state index < -0.39 is 0 Å². The van der Waals surface area contributed by atoms with E-state index in [1.807, 2.05) is 18.2 Å². The molecule has 0 bridgehead atoms. The van der Waals surface area contributed by atoms with E-state index in [1.165, 1.54) is 135 Å². The molecule has 1 fully saturated rings. The fraction of sp³-hybridized carbons (Fsp3) is 0.591. The van der Waals surface area contributed by atoms with Crippen LogP contribution in [0.1, 0.15) is 238 Å². The number of phenolic OH excluding ortho intramolecular Hbond substituents is 1. The van der Waals surface area contributed by atoms with E-state index >= 15 is 0 Å². The average Bonchev–Trinajstić information content (AvgIpc) is 1.66. The van der Waals surface area contributed by atoms with Gasteiger partial charge in [0.2, 0.25) is 0 Å². The summed E-state index contributed by atoms with van der Waals surface area (Å²) in [4.78, 5) is 17.6. The molecule has 9 nitrogen and oxygen atoms in total. The molecule has 9 heteroatoms. The molecule has 7 aliphatic heterocycles. The van der Waals surface area contributed by atoms with Crippen molar-refractivity contribution in [1.82, 2.24) is 4.90 Å². The number of fused-ring (bicyclic) bond motifs is 7. The number of anilines is 6. The topological polar surface area (TPSA) is 52.1 Å². The fourth-order valence-corrected chi connectivity index (χ4v) is 15.9. The molecule has 0 radical (unpaired) electrons. The molecule has 532 valence electrons. The molecule has 0 aliphatic carbocycles. The summed E-state index contributed by atoms with van der Waals surface area (Å²) in [7, 11) is 0. The Morgan fingerprint density at radius 1 is 0.412 bits per heavy atom. The first-order valence-corrected chi connectivity index (χ1v) is 37.4. The highest BCUT2D eigenvalue weighted by atomic mass is 16.5. The van der Waals surface area contributed by atoms with Crippen molar-refractivity contribution in [3.63, 3.8) is 0 Å². The lowest BCUT2D eigenvalue weighted by Gasteiger charge is -2.46. The third-order valence-electron chi connectivity index (χ3n) is 21.1. The largest absolute Gasteiger partial charge is 0.506 e. The molecule has 1 atom stereocenters. The number of benzene rings is 6. The number of likely N-dealkylation sites (tertiary alicyclic amines) is 1. The molecule has 0 aromatic heterocycles. The molecule has 1 N–H and O–H groups in total. The Morgan fingerprint density at radius 2 is 0.856 bits per heavy atom. The smallest absolute Gasteiger partial charge is 0.142 e. The molecule has 1 saturated heterocycles. The summed E-state index contributed by atoms with van der Waals surface area (Å²) >= 11 is 0. The van der Waals surface area contributed by atoms with Gasteiger partial charge in [-0.25, -0.2) is 0 Å². The number of hydrogen-bond donors (Lipinski definition) is 1. The number of phenols is 1. The van der Waals surface area contributed by atoms with E-state index in [2.05, 4.69) is 316 Å². The second kappa shape index (κ2) is 30.3. The molecular formula is C88H133N7O2. The molecular weight excluding hydrogens is 1190 g/mol. The highest BCUT2D eigenvalue weighted by Gasteiger charge is 2.47. The molecule has 13 rings (SSSR count). The van der Waals surface area contributed by atoms with Crippen molar-refractivity contribution in [3.8, 4) is 11.5 Å². The van der Waals surface area contributed by atoms with Crippen LogP contribution in [-0.4, -0.2) is 109 Å². The molecule has 1 spiro atoms. The summed E-state index contributed by atoms with van der Waals surface area (Å²) in [6, 6.07) is 49.7. The zero-order valence-electron chi connectivity index (χ0n) is 65.6. The highest BCUT2D eigenvalue weighted by Crippen LogP contribution is 2.50. The number of nitrogens with zero attached hydrogens (tertiary/aromatic N) is 7. The second-order valence-corrected chi connectivity index (χ2v) is 36.8. The number of aryl methyl sites for hydroxylation is 2. The number of rotatable bonds is 1. The van der Waals surface area contributed by atoms with Crippen LogP contribution in [0.25, 0.3) is 0 Å². The van der Waals surface area contributed by atoms with Gasteiger partial charge in [-0.1, -0.05) is 139 Å². The van der Waals surface area contributed by atoms with Crippen LogP contribution in [0.2, 0.25) is 0 Å². The first kappa shape index (κ1) is 76.4. The SMILES string of the molecule is CC(C)(C)CN1CCC2(CC1)CN(C(C)(C)C)c1ccccc12.CC(C)(C)N1CCCc2cccc(O)c21.CC(C)(C)N1CCCc2ccccc21.CC(C)(C)N1CCOc2ccccc21.CC1(C)CCN(C(C)(C)C)c2ccccc21.CC1CCN(C(C)(C)C)c2ccccc21. The van der Waals surface area contributed by atoms with Gasteiger partial charge in [0.15, 0.2) is 0 Å². The van der Waals surface area contributed by atoms with E-state index in [-0.39, 0.29) is 33.2 Å². The molecule has 97 heavy (non-hydrogen) atoms. The number of piperidine rings is 1. The van der Waals surface area contributed by atoms with Gasteiger partial charge in [-0.3, -0.25) is 0 Å².